The van der Waals surface area contributed by atoms with Crippen molar-refractivity contribution in [1.29, 1.82) is 0 Å². The monoisotopic (exact) mass is 260 g/mol. The summed E-state index contributed by atoms with van der Waals surface area (Å²) in [5.41, 5.74) is 6.28. The van der Waals surface area contributed by atoms with Crippen LogP contribution in [0.4, 0.5) is 0 Å². The minimum atomic E-state index is -0.212. The number of amides is 1. The van der Waals surface area contributed by atoms with E-state index in [9.17, 15) is 4.79 Å². The number of nitrogens with zero attached hydrogens (tertiary/aromatic N) is 2. The summed E-state index contributed by atoms with van der Waals surface area (Å²) in [4.78, 5) is 18.2. The number of likely N-dealkylation sites (N-methyl/N-ethyl adjacent to an activating group) is 1. The smallest absolute Gasteiger partial charge is 0.271 e. The number of pyridine rings is 1. The second kappa shape index (κ2) is 7.52. The lowest BCUT2D eigenvalue weighted by atomic mass is 10.1. The maximum atomic E-state index is 12.1. The number of carbonyl (C=O) groups excluding carboxylic acids is 1. The van der Waals surface area contributed by atoms with Crippen LogP contribution in [0.1, 0.15) is 23.0 Å². The summed E-state index contributed by atoms with van der Waals surface area (Å²) in [7, 11) is 3.92. The van der Waals surface area contributed by atoms with Crippen molar-refractivity contribution in [3.8, 4) is 11.8 Å². The van der Waals surface area contributed by atoms with Gasteiger partial charge < -0.3 is 16.0 Å². The van der Waals surface area contributed by atoms with E-state index in [4.69, 9.17) is 5.73 Å². The molecule has 5 nitrogen and oxygen atoms in total. The fourth-order valence-corrected chi connectivity index (χ4v) is 1.72. The lowest BCUT2D eigenvalue weighted by molar-refractivity contribution is 0.0929. The van der Waals surface area contributed by atoms with Crippen molar-refractivity contribution in [2.75, 3.05) is 27.2 Å². The molecule has 1 heterocycles. The molecule has 0 aliphatic rings. The minimum Gasteiger partial charge on any atom is -0.347 e. The second-order valence-corrected chi connectivity index (χ2v) is 4.54. The molecule has 0 bridgehead atoms. The molecule has 0 saturated heterocycles. The van der Waals surface area contributed by atoms with E-state index in [0.717, 1.165) is 6.54 Å². The van der Waals surface area contributed by atoms with Crippen molar-refractivity contribution < 1.29 is 4.79 Å². The first kappa shape index (κ1) is 15.2. The third-order valence-electron chi connectivity index (χ3n) is 2.36. The summed E-state index contributed by atoms with van der Waals surface area (Å²) in [6.45, 7) is 2.97. The van der Waals surface area contributed by atoms with Crippen molar-refractivity contribution >= 4 is 5.91 Å². The minimum absolute atomic E-state index is 0.0415. The van der Waals surface area contributed by atoms with Crippen LogP contribution >= 0.6 is 0 Å². The topological polar surface area (TPSA) is 71.2 Å². The number of hydrogen-bond donors (Lipinski definition) is 2. The van der Waals surface area contributed by atoms with Gasteiger partial charge >= 0.3 is 0 Å². The molecule has 0 aliphatic heterocycles. The molecule has 0 aromatic carbocycles. The molecular weight excluding hydrogens is 240 g/mol. The first-order chi connectivity index (χ1) is 9.04. The Morgan fingerprint density at radius 1 is 1.58 bits per heavy atom. The van der Waals surface area contributed by atoms with Gasteiger partial charge in [0.1, 0.15) is 5.69 Å². The van der Waals surface area contributed by atoms with E-state index in [1.165, 1.54) is 0 Å². The zero-order chi connectivity index (χ0) is 14.3. The molecule has 0 saturated carbocycles. The first-order valence-corrected chi connectivity index (χ1v) is 6.14. The number of nitrogens with one attached hydrogen (secondary N) is 1. The highest BCUT2D eigenvalue weighted by Crippen LogP contribution is 2.04. The Labute approximate surface area is 114 Å². The molecule has 19 heavy (non-hydrogen) atoms. The van der Waals surface area contributed by atoms with Crippen LogP contribution in [0.3, 0.4) is 0 Å². The molecule has 5 heteroatoms. The van der Waals surface area contributed by atoms with E-state index in [1.807, 2.05) is 25.9 Å². The van der Waals surface area contributed by atoms with Crippen LogP contribution in [-0.2, 0) is 0 Å². The number of aromatic nitrogens is 1. The highest BCUT2D eigenvalue weighted by molar-refractivity contribution is 5.94. The quantitative estimate of drug-likeness (QED) is 0.752. The van der Waals surface area contributed by atoms with Crippen molar-refractivity contribution in [2.24, 2.45) is 5.73 Å². The summed E-state index contributed by atoms with van der Waals surface area (Å²) in [5, 5.41) is 2.90. The highest BCUT2D eigenvalue weighted by Gasteiger charge is 2.14. The molecule has 3 N–H and O–H groups in total. The first-order valence-electron chi connectivity index (χ1n) is 6.14. The van der Waals surface area contributed by atoms with Gasteiger partial charge in [0.15, 0.2) is 0 Å². The molecule has 1 atom stereocenters. The summed E-state index contributed by atoms with van der Waals surface area (Å²) < 4.78 is 0. The molecule has 1 rings (SSSR count). The molecule has 1 aromatic rings. The largest absolute Gasteiger partial charge is 0.347 e. The predicted molar refractivity (Wildman–Crippen MR) is 75.7 cm³/mol. The van der Waals surface area contributed by atoms with Crippen LogP contribution < -0.4 is 11.1 Å². The van der Waals surface area contributed by atoms with Crippen molar-refractivity contribution in [3.05, 3.63) is 29.6 Å². The summed E-state index contributed by atoms with van der Waals surface area (Å²) in [5.74, 6) is 5.38. The molecular formula is C14H20N4O. The van der Waals surface area contributed by atoms with Gasteiger partial charge in [0.05, 0.1) is 12.1 Å². The Morgan fingerprint density at radius 3 is 2.95 bits per heavy atom. The average molecular weight is 260 g/mol. The van der Waals surface area contributed by atoms with Crippen LogP contribution in [0.5, 0.6) is 0 Å². The Morgan fingerprint density at radius 2 is 2.32 bits per heavy atom. The molecule has 1 amide bonds. The van der Waals surface area contributed by atoms with Gasteiger partial charge in [-0.1, -0.05) is 11.8 Å². The van der Waals surface area contributed by atoms with E-state index in [2.05, 4.69) is 22.1 Å². The molecule has 1 aromatic heterocycles. The Hall–Kier alpha value is -1.90. The van der Waals surface area contributed by atoms with Gasteiger partial charge in [-0.25, -0.2) is 4.98 Å². The van der Waals surface area contributed by atoms with Gasteiger partial charge in [-0.05, 0) is 33.2 Å². The Kier molecular flexibility index (Phi) is 6.00. The zero-order valence-corrected chi connectivity index (χ0v) is 11.6. The SMILES string of the molecule is CC(CN(C)C)NC(=O)c1ncccc1C#CCN. The molecule has 0 aliphatic carbocycles. The fraction of sp³-hybridized carbons (Fsp3) is 0.429. The van der Waals surface area contributed by atoms with Gasteiger partial charge in [0.2, 0.25) is 0 Å². The number of rotatable bonds is 4. The van der Waals surface area contributed by atoms with E-state index in [0.29, 0.717) is 11.3 Å². The van der Waals surface area contributed by atoms with E-state index < -0.39 is 0 Å². The lowest BCUT2D eigenvalue weighted by Crippen LogP contribution is -2.40. The number of carbonyl (C=O) groups is 1. The zero-order valence-electron chi connectivity index (χ0n) is 11.6. The van der Waals surface area contributed by atoms with Gasteiger partial charge in [-0.15, -0.1) is 0 Å². The standard InChI is InChI=1S/C14H20N4O/c1-11(10-18(2)3)17-14(19)13-12(6-4-8-15)7-5-9-16-13/h5,7,9,11H,8,10,15H2,1-3H3,(H,17,19). The van der Waals surface area contributed by atoms with Gasteiger partial charge in [-0.3, -0.25) is 4.79 Å². The summed E-state index contributed by atoms with van der Waals surface area (Å²) >= 11 is 0. The van der Waals surface area contributed by atoms with Gasteiger partial charge in [0.25, 0.3) is 5.91 Å². The second-order valence-electron chi connectivity index (χ2n) is 4.54. The molecule has 102 valence electrons. The van der Waals surface area contributed by atoms with Crippen LogP contribution in [0, 0.1) is 11.8 Å². The summed E-state index contributed by atoms with van der Waals surface area (Å²) in [6.07, 6.45) is 1.58. The van der Waals surface area contributed by atoms with E-state index >= 15 is 0 Å². The number of hydrogen-bond acceptors (Lipinski definition) is 4. The molecule has 0 fully saturated rings. The van der Waals surface area contributed by atoms with Crippen LogP contribution in [0.2, 0.25) is 0 Å². The van der Waals surface area contributed by atoms with Crippen molar-refractivity contribution in [1.82, 2.24) is 15.2 Å². The Balaban J connectivity index is 2.82. The van der Waals surface area contributed by atoms with Gasteiger partial charge in [-0.2, -0.15) is 0 Å². The fourth-order valence-electron chi connectivity index (χ4n) is 1.72. The normalized spacial score (nSPS) is 11.6. The third-order valence-corrected chi connectivity index (χ3v) is 2.36. The third kappa shape index (κ3) is 5.08. The van der Waals surface area contributed by atoms with Crippen molar-refractivity contribution in [3.63, 3.8) is 0 Å². The summed E-state index contributed by atoms with van der Waals surface area (Å²) in [6, 6.07) is 3.56. The molecule has 0 radical (unpaired) electrons. The molecule has 0 spiro atoms. The van der Waals surface area contributed by atoms with Crippen LogP contribution in [0.15, 0.2) is 18.3 Å². The molecule has 1 unspecified atom stereocenters. The van der Waals surface area contributed by atoms with Gasteiger partial charge in [0, 0.05) is 18.8 Å². The number of nitrogens with two attached hydrogens (primary N) is 1. The highest BCUT2D eigenvalue weighted by atomic mass is 16.1. The van der Waals surface area contributed by atoms with Crippen LogP contribution in [0.25, 0.3) is 0 Å². The predicted octanol–water partition coefficient (Wildman–Crippen LogP) is 0.0717. The van der Waals surface area contributed by atoms with Crippen LogP contribution in [-0.4, -0.2) is 49.0 Å². The lowest BCUT2D eigenvalue weighted by Gasteiger charge is -2.18. The van der Waals surface area contributed by atoms with E-state index in [-0.39, 0.29) is 18.5 Å². The van der Waals surface area contributed by atoms with Crippen molar-refractivity contribution in [2.45, 2.75) is 13.0 Å². The Bertz CT molecular complexity index is 488. The van der Waals surface area contributed by atoms with E-state index in [1.54, 1.807) is 18.3 Å². The average Bonchev–Trinajstić information content (AvgIpc) is 2.35. The maximum Gasteiger partial charge on any atom is 0.271 e. The maximum absolute atomic E-state index is 12.1.